The van der Waals surface area contributed by atoms with Crippen LogP contribution >= 0.6 is 11.6 Å². The molecule has 35 heavy (non-hydrogen) atoms. The topological polar surface area (TPSA) is 98.4 Å². The fraction of sp³-hybridized carbons (Fsp3) is 0.360. The zero-order chi connectivity index (χ0) is 25.3. The lowest BCUT2D eigenvalue weighted by Crippen LogP contribution is -2.32. The second kappa shape index (κ2) is 9.77. The van der Waals surface area contributed by atoms with Crippen LogP contribution in [0.5, 0.6) is 11.6 Å². The number of likely N-dealkylation sites (N-methyl/N-ethyl adjacent to an activating group) is 1. The van der Waals surface area contributed by atoms with E-state index < -0.39 is 5.60 Å². The van der Waals surface area contributed by atoms with Crippen molar-refractivity contribution in [1.82, 2.24) is 29.9 Å². The quantitative estimate of drug-likeness (QED) is 0.397. The lowest BCUT2D eigenvalue weighted by molar-refractivity contribution is 0.115. The first kappa shape index (κ1) is 24.8. The summed E-state index contributed by atoms with van der Waals surface area (Å²) in [5.74, 6) is 0.665. The van der Waals surface area contributed by atoms with Gasteiger partial charge in [0.05, 0.1) is 29.5 Å². The molecule has 10 heteroatoms. The molecule has 0 bridgehead atoms. The molecule has 3 aromatic heterocycles. The molecule has 1 N–H and O–H groups in total. The van der Waals surface area contributed by atoms with Crippen LogP contribution in [0.2, 0.25) is 5.02 Å². The molecule has 3 heterocycles. The Morgan fingerprint density at radius 2 is 1.91 bits per heavy atom. The maximum Gasteiger partial charge on any atom is 0.258 e. The first-order chi connectivity index (χ1) is 16.7. The maximum absolute atomic E-state index is 12.3. The van der Waals surface area contributed by atoms with Gasteiger partial charge in [-0.2, -0.15) is 0 Å². The lowest BCUT2D eigenvalue weighted by atomic mass is 9.82. The van der Waals surface area contributed by atoms with E-state index in [-0.39, 0.29) is 0 Å². The van der Waals surface area contributed by atoms with E-state index >= 15 is 0 Å². The number of ether oxygens (including phenoxy) is 2. The number of rotatable bonds is 8. The van der Waals surface area contributed by atoms with Crippen LogP contribution < -0.4 is 9.47 Å². The van der Waals surface area contributed by atoms with Gasteiger partial charge in [0.25, 0.3) is 5.88 Å². The number of benzene rings is 1. The van der Waals surface area contributed by atoms with E-state index in [0.717, 1.165) is 5.69 Å². The Labute approximate surface area is 209 Å². The SMILES string of the molecule is COc1nc2ccc(C(O)(c3ccc(C)nc3C)c3cnnn3C)cc2c(Cl)c1OCCN(C)C. The van der Waals surface area contributed by atoms with Crippen molar-refractivity contribution in [3.05, 3.63) is 69.8 Å². The highest BCUT2D eigenvalue weighted by molar-refractivity contribution is 6.37. The Morgan fingerprint density at radius 3 is 2.54 bits per heavy atom. The Kier molecular flexibility index (Phi) is 6.93. The third-order valence-electron chi connectivity index (χ3n) is 5.94. The van der Waals surface area contributed by atoms with Crippen LogP contribution in [0.3, 0.4) is 0 Å². The molecule has 1 aromatic carbocycles. The molecule has 0 aliphatic rings. The van der Waals surface area contributed by atoms with Gasteiger partial charge < -0.3 is 19.5 Å². The van der Waals surface area contributed by atoms with Gasteiger partial charge in [0, 0.05) is 35.9 Å². The third-order valence-corrected chi connectivity index (χ3v) is 6.32. The van der Waals surface area contributed by atoms with Gasteiger partial charge in [-0.3, -0.25) is 4.98 Å². The molecular weight excluding hydrogens is 468 g/mol. The van der Waals surface area contributed by atoms with Gasteiger partial charge in [0.2, 0.25) is 5.75 Å². The van der Waals surface area contributed by atoms with E-state index in [0.29, 0.717) is 63.2 Å². The van der Waals surface area contributed by atoms with E-state index in [2.05, 4.69) is 20.3 Å². The summed E-state index contributed by atoms with van der Waals surface area (Å²) < 4.78 is 13.0. The van der Waals surface area contributed by atoms with Gasteiger partial charge in [-0.1, -0.05) is 28.9 Å². The van der Waals surface area contributed by atoms with Crippen molar-refractivity contribution in [1.29, 1.82) is 0 Å². The van der Waals surface area contributed by atoms with E-state index in [1.165, 1.54) is 7.11 Å². The first-order valence-corrected chi connectivity index (χ1v) is 11.5. The van der Waals surface area contributed by atoms with E-state index in [1.54, 1.807) is 24.0 Å². The number of fused-ring (bicyclic) bond motifs is 1. The minimum absolute atomic E-state index is 0.304. The van der Waals surface area contributed by atoms with Crippen LogP contribution in [-0.2, 0) is 12.6 Å². The Balaban J connectivity index is 1.93. The molecular formula is C25H29ClN6O3. The Morgan fingerprint density at radius 1 is 1.14 bits per heavy atom. The number of aliphatic hydroxyl groups is 1. The molecule has 4 aromatic rings. The second-order valence-electron chi connectivity index (χ2n) is 8.69. The van der Waals surface area contributed by atoms with Crippen molar-refractivity contribution in [2.24, 2.45) is 7.05 Å². The smallest absolute Gasteiger partial charge is 0.258 e. The number of pyridine rings is 2. The number of halogens is 1. The predicted octanol–water partition coefficient (Wildman–Crippen LogP) is 3.26. The van der Waals surface area contributed by atoms with Crippen LogP contribution in [0, 0.1) is 13.8 Å². The minimum Gasteiger partial charge on any atom is -0.485 e. The summed E-state index contributed by atoms with van der Waals surface area (Å²) in [6.07, 6.45) is 1.55. The number of aromatic nitrogens is 5. The zero-order valence-electron chi connectivity index (χ0n) is 20.7. The Hall–Kier alpha value is -3.27. The number of hydrogen-bond acceptors (Lipinski definition) is 8. The summed E-state index contributed by atoms with van der Waals surface area (Å²) in [4.78, 5) is 11.2. The Bertz CT molecular complexity index is 1370. The summed E-state index contributed by atoms with van der Waals surface area (Å²) in [6, 6.07) is 9.17. The molecule has 0 fully saturated rings. The normalized spacial score (nSPS) is 13.3. The number of hydrogen-bond donors (Lipinski definition) is 1. The van der Waals surface area contributed by atoms with Crippen molar-refractivity contribution >= 4 is 22.5 Å². The summed E-state index contributed by atoms with van der Waals surface area (Å²) in [5, 5.41) is 21.4. The van der Waals surface area contributed by atoms with Crippen LogP contribution in [0.15, 0.2) is 36.5 Å². The van der Waals surface area contributed by atoms with Gasteiger partial charge in [0.15, 0.2) is 5.60 Å². The average Bonchev–Trinajstić information content (AvgIpc) is 3.25. The van der Waals surface area contributed by atoms with Crippen LogP contribution in [0.25, 0.3) is 10.9 Å². The molecule has 0 aliphatic heterocycles. The summed E-state index contributed by atoms with van der Waals surface area (Å²) in [6.45, 7) is 4.89. The number of nitrogens with zero attached hydrogens (tertiary/aromatic N) is 6. The van der Waals surface area contributed by atoms with Gasteiger partial charge in [-0.15, -0.1) is 5.10 Å². The average molecular weight is 497 g/mol. The summed E-state index contributed by atoms with van der Waals surface area (Å²) in [7, 11) is 7.19. The van der Waals surface area contributed by atoms with Crippen molar-refractivity contribution in [3.8, 4) is 11.6 Å². The molecule has 0 saturated heterocycles. The molecule has 0 aliphatic carbocycles. The fourth-order valence-electron chi connectivity index (χ4n) is 4.13. The van der Waals surface area contributed by atoms with Gasteiger partial charge in [-0.05, 0) is 51.7 Å². The molecule has 0 spiro atoms. The van der Waals surface area contributed by atoms with Crippen molar-refractivity contribution in [3.63, 3.8) is 0 Å². The molecule has 4 rings (SSSR count). The van der Waals surface area contributed by atoms with E-state index in [1.807, 2.05) is 57.1 Å². The van der Waals surface area contributed by atoms with Crippen LogP contribution in [0.4, 0.5) is 0 Å². The van der Waals surface area contributed by atoms with Crippen LogP contribution in [-0.4, -0.2) is 69.3 Å². The molecule has 0 radical (unpaired) electrons. The highest BCUT2D eigenvalue weighted by atomic mass is 35.5. The van der Waals surface area contributed by atoms with Gasteiger partial charge in [0.1, 0.15) is 6.61 Å². The van der Waals surface area contributed by atoms with Crippen LogP contribution in [0.1, 0.15) is 28.2 Å². The minimum atomic E-state index is -1.59. The van der Waals surface area contributed by atoms with Gasteiger partial charge in [-0.25, -0.2) is 9.67 Å². The molecule has 0 amide bonds. The number of methoxy groups -OCH3 is 1. The largest absolute Gasteiger partial charge is 0.485 e. The number of aryl methyl sites for hydroxylation is 3. The van der Waals surface area contributed by atoms with Crippen molar-refractivity contribution < 1.29 is 14.6 Å². The van der Waals surface area contributed by atoms with Crippen molar-refractivity contribution in [2.75, 3.05) is 34.4 Å². The van der Waals surface area contributed by atoms with Crippen molar-refractivity contribution in [2.45, 2.75) is 19.4 Å². The molecule has 1 unspecified atom stereocenters. The second-order valence-corrected chi connectivity index (χ2v) is 9.06. The molecule has 184 valence electrons. The zero-order valence-corrected chi connectivity index (χ0v) is 21.5. The predicted molar refractivity (Wildman–Crippen MR) is 134 cm³/mol. The molecule has 9 nitrogen and oxygen atoms in total. The van der Waals surface area contributed by atoms with E-state index in [9.17, 15) is 5.11 Å². The maximum atomic E-state index is 12.3. The standard InChI is InChI=1S/C25H29ClN6O3/c1-15-7-9-19(16(2)28-15)25(33,21-14-27-30-32(21)5)17-8-10-20-18(13-17)22(26)23(24(29-20)34-6)35-12-11-31(3)4/h7-10,13-14,33H,11-12H2,1-6H3. The summed E-state index contributed by atoms with van der Waals surface area (Å²) >= 11 is 6.83. The highest BCUT2D eigenvalue weighted by Crippen LogP contribution is 2.43. The lowest BCUT2D eigenvalue weighted by Gasteiger charge is -2.30. The van der Waals surface area contributed by atoms with E-state index in [4.69, 9.17) is 21.1 Å². The first-order valence-electron chi connectivity index (χ1n) is 11.1. The third kappa shape index (κ3) is 4.54. The fourth-order valence-corrected chi connectivity index (χ4v) is 4.42. The molecule has 1 atom stereocenters. The monoisotopic (exact) mass is 496 g/mol. The highest BCUT2D eigenvalue weighted by Gasteiger charge is 2.39. The summed E-state index contributed by atoms with van der Waals surface area (Å²) in [5.41, 5.74) is 2.25. The molecule has 0 saturated carbocycles. The van der Waals surface area contributed by atoms with Gasteiger partial charge >= 0.3 is 0 Å².